The van der Waals surface area contributed by atoms with Gasteiger partial charge in [0.2, 0.25) is 0 Å². The van der Waals surface area contributed by atoms with Crippen LogP contribution in [0.4, 0.5) is 0 Å². The maximum absolute atomic E-state index is 5.50. The molecule has 2 aromatic rings. The Kier molecular flexibility index (Phi) is 4.37. The van der Waals surface area contributed by atoms with Crippen molar-refractivity contribution < 1.29 is 0 Å². The highest BCUT2D eigenvalue weighted by molar-refractivity contribution is 7.71. The number of aromatic amines is 1. The fourth-order valence-electron chi connectivity index (χ4n) is 2.88. The van der Waals surface area contributed by atoms with Crippen LogP contribution < -0.4 is 0 Å². The van der Waals surface area contributed by atoms with Crippen LogP contribution in [0.5, 0.6) is 0 Å². The second-order valence-corrected chi connectivity index (χ2v) is 6.93. The summed E-state index contributed by atoms with van der Waals surface area (Å²) in [4.78, 5) is 3.30. The lowest BCUT2D eigenvalue weighted by atomic mass is 9.87. The van der Waals surface area contributed by atoms with Crippen LogP contribution in [0.15, 0.2) is 0 Å². The summed E-state index contributed by atoms with van der Waals surface area (Å²) in [6.45, 7) is 9.86. The summed E-state index contributed by atoms with van der Waals surface area (Å²) < 4.78 is 4.94. The van der Waals surface area contributed by atoms with Gasteiger partial charge in [-0.25, -0.2) is 0 Å². The van der Waals surface area contributed by atoms with E-state index in [1.165, 1.54) is 25.7 Å². The number of fused-ring (bicyclic) bond motifs is 1. The number of nitrogens with zero attached hydrogens (tertiary/aromatic N) is 3. The molecule has 0 aliphatic carbocycles. The molecule has 0 saturated carbocycles. The normalized spacial score (nSPS) is 12.4. The number of nitrogens with one attached hydrogen (secondary N) is 1. The van der Waals surface area contributed by atoms with Gasteiger partial charge in [-0.2, -0.15) is 5.10 Å². The number of hydrogen-bond acceptors (Lipinski definition) is 2. The van der Waals surface area contributed by atoms with Crippen LogP contribution in [0.3, 0.4) is 0 Å². The highest BCUT2D eigenvalue weighted by atomic mass is 32.1. The third-order valence-electron chi connectivity index (χ3n) is 3.97. The van der Waals surface area contributed by atoms with E-state index < -0.39 is 0 Å². The van der Waals surface area contributed by atoms with Crippen LogP contribution in [0, 0.1) is 17.1 Å². The van der Waals surface area contributed by atoms with Crippen molar-refractivity contribution in [3.8, 4) is 0 Å². The molecule has 0 amide bonds. The predicted molar refractivity (Wildman–Crippen MR) is 86.5 cm³/mol. The monoisotopic (exact) mass is 294 g/mol. The van der Waals surface area contributed by atoms with E-state index in [4.69, 9.17) is 12.2 Å². The number of H-pyrrole nitrogens is 1. The molecule has 0 fully saturated rings. The van der Waals surface area contributed by atoms with Gasteiger partial charge < -0.3 is 9.55 Å². The van der Waals surface area contributed by atoms with Crippen molar-refractivity contribution in [2.75, 3.05) is 0 Å². The molecule has 1 N–H and O–H groups in total. The van der Waals surface area contributed by atoms with Crippen molar-refractivity contribution in [1.82, 2.24) is 19.3 Å². The van der Waals surface area contributed by atoms with E-state index >= 15 is 0 Å². The van der Waals surface area contributed by atoms with Gasteiger partial charge in [0.25, 0.3) is 0 Å². The van der Waals surface area contributed by atoms with Gasteiger partial charge >= 0.3 is 0 Å². The summed E-state index contributed by atoms with van der Waals surface area (Å²) in [5.74, 6) is 0. The second-order valence-electron chi connectivity index (χ2n) is 6.55. The standard InChI is InChI=1S/C15H26N4S/c1-6-7-8-9-15(3,4)10-19-13-12(16-14(19)20)11(2)17-18(13)5/h6-10H2,1-5H3,(H,16,20). The maximum atomic E-state index is 5.50. The molecule has 0 saturated heterocycles. The van der Waals surface area contributed by atoms with Gasteiger partial charge in [-0.05, 0) is 31.0 Å². The molecule has 0 aliphatic heterocycles. The van der Waals surface area contributed by atoms with Crippen molar-refractivity contribution in [3.63, 3.8) is 0 Å². The molecule has 4 nitrogen and oxygen atoms in total. The van der Waals surface area contributed by atoms with Crippen LogP contribution in [0.25, 0.3) is 11.2 Å². The number of imidazole rings is 1. The quantitative estimate of drug-likeness (QED) is 0.635. The summed E-state index contributed by atoms with van der Waals surface area (Å²) in [6, 6.07) is 0. The molecule has 0 radical (unpaired) electrons. The Morgan fingerprint density at radius 3 is 2.65 bits per heavy atom. The number of aryl methyl sites for hydroxylation is 2. The lowest BCUT2D eigenvalue weighted by Gasteiger charge is -2.25. The van der Waals surface area contributed by atoms with Crippen molar-refractivity contribution in [2.24, 2.45) is 12.5 Å². The Labute approximate surface area is 126 Å². The van der Waals surface area contributed by atoms with Gasteiger partial charge in [0, 0.05) is 13.6 Å². The van der Waals surface area contributed by atoms with Crippen LogP contribution in [0.2, 0.25) is 0 Å². The van der Waals surface area contributed by atoms with Gasteiger partial charge in [-0.1, -0.05) is 40.0 Å². The van der Waals surface area contributed by atoms with Crippen molar-refractivity contribution in [2.45, 2.75) is 59.9 Å². The minimum absolute atomic E-state index is 0.251. The van der Waals surface area contributed by atoms with E-state index in [9.17, 15) is 0 Å². The van der Waals surface area contributed by atoms with Crippen LogP contribution >= 0.6 is 12.2 Å². The lowest BCUT2D eigenvalue weighted by Crippen LogP contribution is -2.20. The SMILES string of the molecule is CCCCCC(C)(C)Cn1c(=S)[nH]c2c(C)nn(C)c21. The average Bonchev–Trinajstić information content (AvgIpc) is 2.79. The number of aromatic nitrogens is 4. The summed E-state index contributed by atoms with van der Waals surface area (Å²) >= 11 is 5.50. The Balaban J connectivity index is 2.29. The molecule has 0 aromatic carbocycles. The van der Waals surface area contributed by atoms with E-state index in [0.29, 0.717) is 0 Å². The fourth-order valence-corrected chi connectivity index (χ4v) is 3.13. The van der Waals surface area contributed by atoms with E-state index in [-0.39, 0.29) is 5.41 Å². The fraction of sp³-hybridized carbons (Fsp3) is 0.733. The molecule has 0 bridgehead atoms. The van der Waals surface area contributed by atoms with Crippen molar-refractivity contribution >= 4 is 23.4 Å². The lowest BCUT2D eigenvalue weighted by molar-refractivity contribution is 0.272. The molecule has 0 unspecified atom stereocenters. The van der Waals surface area contributed by atoms with E-state index in [1.54, 1.807) is 0 Å². The minimum atomic E-state index is 0.251. The maximum Gasteiger partial charge on any atom is 0.179 e. The first-order chi connectivity index (χ1) is 9.35. The topological polar surface area (TPSA) is 38.5 Å². The average molecular weight is 294 g/mol. The second kappa shape index (κ2) is 5.72. The summed E-state index contributed by atoms with van der Waals surface area (Å²) in [7, 11) is 1.98. The largest absolute Gasteiger partial charge is 0.328 e. The Morgan fingerprint density at radius 1 is 1.30 bits per heavy atom. The molecule has 0 aliphatic rings. The molecule has 2 aromatic heterocycles. The first kappa shape index (κ1) is 15.3. The number of unbranched alkanes of at least 4 members (excludes halogenated alkanes) is 2. The van der Waals surface area contributed by atoms with Gasteiger partial charge in [-0.3, -0.25) is 4.68 Å². The molecule has 0 spiro atoms. The molecule has 5 heteroatoms. The van der Waals surface area contributed by atoms with Crippen molar-refractivity contribution in [1.29, 1.82) is 0 Å². The first-order valence-electron chi connectivity index (χ1n) is 7.48. The highest BCUT2D eigenvalue weighted by Crippen LogP contribution is 2.28. The van der Waals surface area contributed by atoms with Gasteiger partial charge in [-0.15, -0.1) is 0 Å². The molecule has 112 valence electrons. The predicted octanol–water partition coefficient (Wildman–Crippen LogP) is 4.35. The molecule has 2 rings (SSSR count). The first-order valence-corrected chi connectivity index (χ1v) is 7.88. The Bertz CT molecular complexity index is 645. The molecular weight excluding hydrogens is 268 g/mol. The zero-order valence-electron chi connectivity index (χ0n) is 13.3. The zero-order chi connectivity index (χ0) is 14.9. The molecule has 2 heterocycles. The molecular formula is C15H26N4S. The molecule has 20 heavy (non-hydrogen) atoms. The van der Waals surface area contributed by atoms with Crippen LogP contribution in [-0.4, -0.2) is 19.3 Å². The number of rotatable bonds is 6. The van der Waals surface area contributed by atoms with Crippen LogP contribution in [-0.2, 0) is 13.6 Å². The summed E-state index contributed by atoms with van der Waals surface area (Å²) in [5, 5.41) is 4.48. The zero-order valence-corrected chi connectivity index (χ0v) is 14.1. The van der Waals surface area contributed by atoms with Crippen molar-refractivity contribution in [3.05, 3.63) is 10.5 Å². The summed E-state index contributed by atoms with van der Waals surface area (Å²) in [5.41, 5.74) is 3.44. The van der Waals surface area contributed by atoms with Gasteiger partial charge in [0.05, 0.1) is 5.69 Å². The van der Waals surface area contributed by atoms with Gasteiger partial charge in [0.15, 0.2) is 10.4 Å². The Hall–Kier alpha value is -1.10. The van der Waals surface area contributed by atoms with E-state index in [0.717, 1.165) is 28.2 Å². The Morgan fingerprint density at radius 2 is 2.00 bits per heavy atom. The van der Waals surface area contributed by atoms with E-state index in [2.05, 4.69) is 35.4 Å². The third-order valence-corrected chi connectivity index (χ3v) is 4.29. The smallest absolute Gasteiger partial charge is 0.179 e. The third kappa shape index (κ3) is 2.97. The molecule has 0 atom stereocenters. The van der Waals surface area contributed by atoms with Gasteiger partial charge in [0.1, 0.15) is 5.52 Å². The minimum Gasteiger partial charge on any atom is -0.328 e. The van der Waals surface area contributed by atoms with Crippen LogP contribution in [0.1, 0.15) is 52.1 Å². The summed E-state index contributed by atoms with van der Waals surface area (Å²) in [6.07, 6.45) is 5.09. The van der Waals surface area contributed by atoms with E-state index in [1.807, 2.05) is 18.7 Å². The number of hydrogen-bond donors (Lipinski definition) is 1. The highest BCUT2D eigenvalue weighted by Gasteiger charge is 2.22.